The summed E-state index contributed by atoms with van der Waals surface area (Å²) in [6.07, 6.45) is 15.4. The maximum absolute atomic E-state index is 3.84. The molecule has 212 valence electrons. The van der Waals surface area contributed by atoms with E-state index in [1.54, 1.807) is 0 Å². The van der Waals surface area contributed by atoms with E-state index in [0.29, 0.717) is 0 Å². The van der Waals surface area contributed by atoms with Gasteiger partial charge in [0.1, 0.15) is 0 Å². The molecular formula is C42H34N2. The van der Waals surface area contributed by atoms with Crippen LogP contribution in [0.2, 0.25) is 0 Å². The Hall–Kier alpha value is -5.34. The lowest BCUT2D eigenvalue weighted by Crippen LogP contribution is -2.03. The molecule has 0 saturated heterocycles. The predicted molar refractivity (Wildman–Crippen MR) is 189 cm³/mol. The number of nitrogens with one attached hydrogen (secondary N) is 2. The number of aryl methyl sites for hydroxylation is 1. The summed E-state index contributed by atoms with van der Waals surface area (Å²) in [5, 5.41) is 12.8. The molecule has 0 amide bonds. The van der Waals surface area contributed by atoms with E-state index >= 15 is 0 Å². The largest absolute Gasteiger partial charge is 0.358 e. The first-order chi connectivity index (χ1) is 21.8. The minimum absolute atomic E-state index is 1.03. The number of hydrogen-bond acceptors (Lipinski definition) is 2. The fourth-order valence-corrected chi connectivity index (χ4v) is 6.79. The van der Waals surface area contributed by atoms with E-state index in [0.717, 1.165) is 42.7 Å². The van der Waals surface area contributed by atoms with Crippen molar-refractivity contribution in [2.75, 3.05) is 10.6 Å². The summed E-state index contributed by atoms with van der Waals surface area (Å²) in [5.74, 6) is 0. The van der Waals surface area contributed by atoms with Gasteiger partial charge in [0.25, 0.3) is 0 Å². The molecule has 6 aromatic rings. The van der Waals surface area contributed by atoms with Gasteiger partial charge in [-0.15, -0.1) is 0 Å². The average Bonchev–Trinajstić information content (AvgIpc) is 3.09. The zero-order chi connectivity index (χ0) is 29.3. The minimum Gasteiger partial charge on any atom is -0.358 e. The Balaban J connectivity index is 1.26. The van der Waals surface area contributed by atoms with E-state index in [1.165, 1.54) is 60.6 Å². The van der Waals surface area contributed by atoms with Crippen LogP contribution >= 0.6 is 0 Å². The summed E-state index contributed by atoms with van der Waals surface area (Å²) in [5.41, 5.74) is 12.2. The standard InChI is InChI=1S/C42H34N2/c1-3-13-29(14-4-1)38-28-33(24-26-41(38)43-32-17-5-2-6-18-32)44-40-22-12-11-21-36(40)39-27-31-16-8-9-19-34(31)37-25-23-30-15-7-10-20-35(30)42(37)39/h1-5,7,9-15,17,19-28,43-44H,6,8,16,18H2. The molecule has 0 spiro atoms. The van der Waals surface area contributed by atoms with Gasteiger partial charge in [-0.2, -0.15) is 0 Å². The maximum atomic E-state index is 3.84. The van der Waals surface area contributed by atoms with Crippen molar-refractivity contribution in [3.8, 4) is 22.3 Å². The lowest BCUT2D eigenvalue weighted by atomic mass is 9.85. The van der Waals surface area contributed by atoms with E-state index in [9.17, 15) is 0 Å². The Labute approximate surface area is 259 Å². The molecule has 2 aliphatic carbocycles. The molecular weight excluding hydrogens is 532 g/mol. The highest BCUT2D eigenvalue weighted by Crippen LogP contribution is 2.43. The topological polar surface area (TPSA) is 24.1 Å². The summed E-state index contributed by atoms with van der Waals surface area (Å²) >= 11 is 0. The molecule has 0 radical (unpaired) electrons. The molecule has 0 fully saturated rings. The van der Waals surface area contributed by atoms with Crippen molar-refractivity contribution >= 4 is 44.7 Å². The van der Waals surface area contributed by atoms with Crippen LogP contribution < -0.4 is 10.6 Å². The van der Waals surface area contributed by atoms with Gasteiger partial charge in [0, 0.05) is 33.9 Å². The number of hydrogen-bond donors (Lipinski definition) is 2. The van der Waals surface area contributed by atoms with Crippen LogP contribution in [0, 0.1) is 0 Å². The van der Waals surface area contributed by atoms with Crippen LogP contribution in [-0.2, 0) is 6.42 Å². The minimum atomic E-state index is 1.03. The van der Waals surface area contributed by atoms with Gasteiger partial charge in [0.15, 0.2) is 0 Å². The van der Waals surface area contributed by atoms with Crippen LogP contribution in [0.15, 0.2) is 145 Å². The van der Waals surface area contributed by atoms with Crippen molar-refractivity contribution in [1.82, 2.24) is 0 Å². The van der Waals surface area contributed by atoms with Gasteiger partial charge >= 0.3 is 0 Å². The van der Waals surface area contributed by atoms with Crippen LogP contribution in [0.5, 0.6) is 0 Å². The van der Waals surface area contributed by atoms with Gasteiger partial charge in [0.05, 0.1) is 0 Å². The Kier molecular flexibility index (Phi) is 6.81. The van der Waals surface area contributed by atoms with E-state index in [-0.39, 0.29) is 0 Å². The molecule has 2 heteroatoms. The fourth-order valence-electron chi connectivity index (χ4n) is 6.79. The molecule has 2 N–H and O–H groups in total. The highest BCUT2D eigenvalue weighted by Gasteiger charge is 2.18. The predicted octanol–water partition coefficient (Wildman–Crippen LogP) is 11.7. The van der Waals surface area contributed by atoms with Crippen LogP contribution in [-0.4, -0.2) is 0 Å². The van der Waals surface area contributed by atoms with Crippen molar-refractivity contribution in [1.29, 1.82) is 0 Å². The van der Waals surface area contributed by atoms with Gasteiger partial charge in [-0.25, -0.2) is 0 Å². The second kappa shape index (κ2) is 11.4. The third-order valence-corrected chi connectivity index (χ3v) is 8.93. The highest BCUT2D eigenvalue weighted by molar-refractivity contribution is 6.17. The van der Waals surface area contributed by atoms with E-state index in [4.69, 9.17) is 0 Å². The van der Waals surface area contributed by atoms with Gasteiger partial charge in [0.2, 0.25) is 0 Å². The molecule has 2 nitrogen and oxygen atoms in total. The Morgan fingerprint density at radius 3 is 2.27 bits per heavy atom. The van der Waals surface area contributed by atoms with Crippen molar-refractivity contribution in [3.63, 3.8) is 0 Å². The first kappa shape index (κ1) is 26.3. The molecule has 6 aromatic carbocycles. The van der Waals surface area contributed by atoms with Crippen molar-refractivity contribution < 1.29 is 0 Å². The lowest BCUT2D eigenvalue weighted by molar-refractivity contribution is 0.967. The third kappa shape index (κ3) is 4.89. The van der Waals surface area contributed by atoms with Crippen molar-refractivity contribution in [3.05, 3.63) is 156 Å². The number of allylic oxidation sites excluding steroid dienone is 5. The number of rotatable bonds is 6. The number of para-hydroxylation sites is 1. The number of anilines is 3. The molecule has 0 unspecified atom stereocenters. The van der Waals surface area contributed by atoms with Gasteiger partial charge in [-0.3, -0.25) is 0 Å². The van der Waals surface area contributed by atoms with Crippen LogP contribution in [0.3, 0.4) is 0 Å². The molecule has 8 rings (SSSR count). The molecule has 0 atom stereocenters. The van der Waals surface area contributed by atoms with E-state index < -0.39 is 0 Å². The average molecular weight is 567 g/mol. The van der Waals surface area contributed by atoms with Gasteiger partial charge < -0.3 is 10.6 Å². The SMILES string of the molecule is C1=CCCC(Nc2ccc(Nc3ccccc3-c3cc4c(c5ccc6ccccc6c35)C=CCC4)cc2-c2ccccc2)=C1. The van der Waals surface area contributed by atoms with Crippen LogP contribution in [0.1, 0.15) is 30.4 Å². The van der Waals surface area contributed by atoms with Crippen LogP contribution in [0.4, 0.5) is 17.1 Å². The molecule has 0 bridgehead atoms. The smallest absolute Gasteiger partial charge is 0.0464 e. The molecule has 0 aromatic heterocycles. The zero-order valence-electron chi connectivity index (χ0n) is 24.7. The second-order valence-electron chi connectivity index (χ2n) is 11.7. The lowest BCUT2D eigenvalue weighted by Gasteiger charge is -2.21. The van der Waals surface area contributed by atoms with E-state index in [2.05, 4.69) is 156 Å². The molecule has 0 saturated carbocycles. The highest BCUT2D eigenvalue weighted by atomic mass is 14.9. The second-order valence-corrected chi connectivity index (χ2v) is 11.7. The van der Waals surface area contributed by atoms with Gasteiger partial charge in [-0.05, 0) is 106 Å². The summed E-state index contributed by atoms with van der Waals surface area (Å²) in [7, 11) is 0. The fraction of sp³-hybridized carbons (Fsp3) is 0.0952. The maximum Gasteiger partial charge on any atom is 0.0464 e. The molecule has 0 aliphatic heterocycles. The first-order valence-electron chi connectivity index (χ1n) is 15.6. The first-order valence-corrected chi connectivity index (χ1v) is 15.6. The van der Waals surface area contributed by atoms with Gasteiger partial charge in [-0.1, -0.05) is 109 Å². The molecule has 44 heavy (non-hydrogen) atoms. The quantitative estimate of drug-likeness (QED) is 0.196. The summed E-state index contributed by atoms with van der Waals surface area (Å²) in [4.78, 5) is 0. The Morgan fingerprint density at radius 1 is 0.545 bits per heavy atom. The van der Waals surface area contributed by atoms with Crippen LogP contribution in [0.25, 0.3) is 49.9 Å². The number of benzene rings is 6. The van der Waals surface area contributed by atoms with E-state index in [1.807, 2.05) is 0 Å². The number of fused-ring (bicyclic) bond motifs is 5. The Morgan fingerprint density at radius 2 is 1.36 bits per heavy atom. The summed E-state index contributed by atoms with van der Waals surface area (Å²) in [6, 6.07) is 41.9. The Bertz CT molecular complexity index is 2110. The molecule has 2 aliphatic rings. The monoisotopic (exact) mass is 566 g/mol. The summed E-state index contributed by atoms with van der Waals surface area (Å²) < 4.78 is 0. The zero-order valence-corrected chi connectivity index (χ0v) is 24.7. The summed E-state index contributed by atoms with van der Waals surface area (Å²) in [6.45, 7) is 0. The molecule has 0 heterocycles. The third-order valence-electron chi connectivity index (χ3n) is 8.93. The van der Waals surface area contributed by atoms with Crippen molar-refractivity contribution in [2.24, 2.45) is 0 Å². The van der Waals surface area contributed by atoms with Crippen molar-refractivity contribution in [2.45, 2.75) is 25.7 Å². The normalized spacial score (nSPS) is 14.0.